The van der Waals surface area contributed by atoms with Gasteiger partial charge in [0.15, 0.2) is 23.0 Å². The predicted octanol–water partition coefficient (Wildman–Crippen LogP) is 4.04. The lowest BCUT2D eigenvalue weighted by Gasteiger charge is -2.12. The second-order valence-electron chi connectivity index (χ2n) is 5.63. The van der Waals surface area contributed by atoms with Crippen LogP contribution >= 0.6 is 22.6 Å². The number of benzene rings is 2. The molecule has 0 heterocycles. The van der Waals surface area contributed by atoms with Crippen LogP contribution in [0.25, 0.3) is 0 Å². The minimum Gasteiger partial charge on any atom is -0.493 e. The Morgan fingerprint density at radius 1 is 1.14 bits per heavy atom. The molecule has 0 aliphatic carbocycles. The molecule has 0 radical (unpaired) electrons. The number of rotatable bonds is 10. The summed E-state index contributed by atoms with van der Waals surface area (Å²) in [5, 5.41) is 4.03. The van der Waals surface area contributed by atoms with E-state index in [1.165, 1.54) is 13.3 Å². The van der Waals surface area contributed by atoms with Gasteiger partial charge >= 0.3 is 0 Å². The fourth-order valence-corrected chi connectivity index (χ4v) is 3.19. The quantitative estimate of drug-likeness (QED) is 0.226. The molecule has 29 heavy (non-hydrogen) atoms. The topological polar surface area (TPSA) is 78.4 Å². The lowest BCUT2D eigenvalue weighted by Crippen LogP contribution is -2.17. The Hall–Kier alpha value is -2.75. The summed E-state index contributed by atoms with van der Waals surface area (Å²) in [4.78, 5) is 12.4. The van der Waals surface area contributed by atoms with Gasteiger partial charge < -0.3 is 18.9 Å². The molecule has 0 aromatic heterocycles. The maximum atomic E-state index is 12.4. The summed E-state index contributed by atoms with van der Waals surface area (Å²) in [5.74, 6) is 1.90. The lowest BCUT2D eigenvalue weighted by molar-refractivity contribution is 0.0954. The molecule has 8 heteroatoms. The number of hydrogen-bond donors (Lipinski definition) is 1. The van der Waals surface area contributed by atoms with Gasteiger partial charge in [0.05, 0.1) is 30.6 Å². The molecule has 0 atom stereocenters. The molecule has 0 saturated heterocycles. The minimum absolute atomic E-state index is 0.366. The first-order valence-corrected chi connectivity index (χ1v) is 9.87. The number of ether oxygens (including phenoxy) is 4. The maximum Gasteiger partial charge on any atom is 0.271 e. The monoisotopic (exact) mass is 510 g/mol. The van der Waals surface area contributed by atoms with Crippen LogP contribution in [0.15, 0.2) is 48.1 Å². The molecular weight excluding hydrogens is 487 g/mol. The van der Waals surface area contributed by atoms with Crippen LogP contribution in [0.2, 0.25) is 0 Å². The van der Waals surface area contributed by atoms with Gasteiger partial charge in [0.1, 0.15) is 6.61 Å². The van der Waals surface area contributed by atoms with Gasteiger partial charge in [0, 0.05) is 5.56 Å². The number of halogens is 1. The molecule has 0 bridgehead atoms. The van der Waals surface area contributed by atoms with E-state index < -0.39 is 0 Å². The summed E-state index contributed by atoms with van der Waals surface area (Å²) in [6.45, 7) is 6.40. The number of amides is 1. The average molecular weight is 510 g/mol. The number of carbonyl (C=O) groups excluding carboxylic acids is 1. The Kier molecular flexibility index (Phi) is 8.78. The van der Waals surface area contributed by atoms with Gasteiger partial charge in [-0.2, -0.15) is 5.10 Å². The number of hydrazone groups is 1. The molecule has 1 N–H and O–H groups in total. The summed E-state index contributed by atoms with van der Waals surface area (Å²) >= 11 is 2.15. The van der Waals surface area contributed by atoms with Crippen molar-refractivity contribution in [3.05, 3.63) is 57.7 Å². The fourth-order valence-electron chi connectivity index (χ4n) is 2.41. The van der Waals surface area contributed by atoms with Crippen LogP contribution in [0.3, 0.4) is 0 Å². The van der Waals surface area contributed by atoms with Crippen LogP contribution in [0, 0.1) is 3.57 Å². The van der Waals surface area contributed by atoms with Crippen molar-refractivity contribution in [1.29, 1.82) is 0 Å². The van der Waals surface area contributed by atoms with Gasteiger partial charge in [0.25, 0.3) is 5.91 Å². The SMILES string of the molecule is C=CCOc1c(I)cc(/C=N/NC(=O)c2ccc(OCC)c(OC)c2)cc1OC. The number of hydrogen-bond acceptors (Lipinski definition) is 6. The third-order valence-corrected chi connectivity index (χ3v) is 4.50. The van der Waals surface area contributed by atoms with E-state index in [0.717, 1.165) is 9.13 Å². The summed E-state index contributed by atoms with van der Waals surface area (Å²) in [6, 6.07) is 8.59. The van der Waals surface area contributed by atoms with Crippen molar-refractivity contribution in [1.82, 2.24) is 5.43 Å². The van der Waals surface area contributed by atoms with Crippen molar-refractivity contribution >= 4 is 34.7 Å². The van der Waals surface area contributed by atoms with E-state index in [2.05, 4.69) is 39.7 Å². The summed E-state index contributed by atoms with van der Waals surface area (Å²) in [7, 11) is 3.09. The van der Waals surface area contributed by atoms with E-state index in [1.807, 2.05) is 13.0 Å². The van der Waals surface area contributed by atoms with Crippen LogP contribution in [-0.2, 0) is 0 Å². The van der Waals surface area contributed by atoms with Crippen molar-refractivity contribution < 1.29 is 23.7 Å². The highest BCUT2D eigenvalue weighted by molar-refractivity contribution is 14.1. The first-order valence-electron chi connectivity index (χ1n) is 8.79. The molecule has 7 nitrogen and oxygen atoms in total. The van der Waals surface area contributed by atoms with E-state index in [4.69, 9.17) is 18.9 Å². The predicted molar refractivity (Wildman–Crippen MR) is 121 cm³/mol. The first kappa shape index (κ1) is 22.5. The Morgan fingerprint density at radius 2 is 1.90 bits per heavy atom. The third kappa shape index (κ3) is 6.11. The van der Waals surface area contributed by atoms with E-state index in [1.54, 1.807) is 37.5 Å². The number of methoxy groups -OCH3 is 2. The molecule has 0 unspecified atom stereocenters. The zero-order valence-corrected chi connectivity index (χ0v) is 18.7. The number of nitrogens with one attached hydrogen (secondary N) is 1. The van der Waals surface area contributed by atoms with Crippen molar-refractivity contribution in [3.8, 4) is 23.0 Å². The molecule has 154 valence electrons. The van der Waals surface area contributed by atoms with Gasteiger partial charge in [-0.3, -0.25) is 4.79 Å². The van der Waals surface area contributed by atoms with Gasteiger partial charge in [-0.05, 0) is 65.4 Å². The smallest absolute Gasteiger partial charge is 0.271 e. The normalized spacial score (nSPS) is 10.5. The van der Waals surface area contributed by atoms with Gasteiger partial charge in [-0.15, -0.1) is 0 Å². The van der Waals surface area contributed by atoms with Gasteiger partial charge in [0.2, 0.25) is 0 Å². The van der Waals surface area contributed by atoms with E-state index >= 15 is 0 Å². The van der Waals surface area contributed by atoms with Crippen LogP contribution in [-0.4, -0.2) is 39.6 Å². The summed E-state index contributed by atoms with van der Waals surface area (Å²) in [5.41, 5.74) is 3.66. The molecule has 2 aromatic carbocycles. The number of nitrogens with zero attached hydrogens (tertiary/aromatic N) is 1. The maximum absolute atomic E-state index is 12.4. The number of carbonyl (C=O) groups is 1. The Morgan fingerprint density at radius 3 is 2.55 bits per heavy atom. The molecular formula is C21H23IN2O5. The molecule has 2 aromatic rings. The van der Waals surface area contributed by atoms with Gasteiger partial charge in [-0.1, -0.05) is 12.7 Å². The second-order valence-corrected chi connectivity index (χ2v) is 6.79. The van der Waals surface area contributed by atoms with Crippen molar-refractivity contribution in [3.63, 3.8) is 0 Å². The molecule has 2 rings (SSSR count). The Labute approximate surface area is 183 Å². The standard InChI is InChI=1S/C21H23IN2O5/c1-5-9-29-20-16(22)10-14(11-19(20)27-4)13-23-24-21(25)15-7-8-17(28-6-2)18(12-15)26-3/h5,7-8,10-13H,1,6,9H2,2-4H3,(H,24,25)/b23-13+. The highest BCUT2D eigenvalue weighted by atomic mass is 127. The van der Waals surface area contributed by atoms with Crippen molar-refractivity contribution in [2.75, 3.05) is 27.4 Å². The molecule has 0 spiro atoms. The Bertz CT molecular complexity index is 899. The van der Waals surface area contributed by atoms with Crippen LogP contribution in [0.5, 0.6) is 23.0 Å². The molecule has 1 amide bonds. The van der Waals surface area contributed by atoms with Gasteiger partial charge in [-0.25, -0.2) is 5.43 Å². The molecule has 0 fully saturated rings. The minimum atomic E-state index is -0.366. The fraction of sp³-hybridized carbons (Fsp3) is 0.238. The zero-order chi connectivity index (χ0) is 21.2. The second kappa shape index (κ2) is 11.3. The van der Waals surface area contributed by atoms with E-state index in [-0.39, 0.29) is 5.91 Å². The zero-order valence-electron chi connectivity index (χ0n) is 16.5. The van der Waals surface area contributed by atoms with Crippen LogP contribution in [0.1, 0.15) is 22.8 Å². The van der Waals surface area contributed by atoms with E-state index in [9.17, 15) is 4.79 Å². The lowest BCUT2D eigenvalue weighted by atomic mass is 10.2. The molecule has 0 aliphatic heterocycles. The van der Waals surface area contributed by atoms with Crippen LogP contribution < -0.4 is 24.4 Å². The first-order chi connectivity index (χ1) is 14.0. The summed E-state index contributed by atoms with van der Waals surface area (Å²) < 4.78 is 22.6. The van der Waals surface area contributed by atoms with Crippen molar-refractivity contribution in [2.24, 2.45) is 5.10 Å². The van der Waals surface area contributed by atoms with E-state index in [0.29, 0.717) is 41.8 Å². The molecule has 0 saturated carbocycles. The highest BCUT2D eigenvalue weighted by Crippen LogP contribution is 2.33. The molecule has 0 aliphatic rings. The largest absolute Gasteiger partial charge is 0.493 e. The highest BCUT2D eigenvalue weighted by Gasteiger charge is 2.12. The van der Waals surface area contributed by atoms with Crippen LogP contribution in [0.4, 0.5) is 0 Å². The summed E-state index contributed by atoms with van der Waals surface area (Å²) in [6.07, 6.45) is 3.20. The van der Waals surface area contributed by atoms with Crippen molar-refractivity contribution in [2.45, 2.75) is 6.92 Å². The average Bonchev–Trinajstić information content (AvgIpc) is 2.73. The third-order valence-electron chi connectivity index (χ3n) is 3.70. The Balaban J connectivity index is 2.12.